The molecular weight excluding hydrogens is 320 g/mol. The number of fused-ring (bicyclic) bond motifs is 1. The number of amides is 1. The maximum absolute atomic E-state index is 12.0. The average molecular weight is 340 g/mol. The lowest BCUT2D eigenvalue weighted by Crippen LogP contribution is -2.38. The number of carbonyl (C=O) groups is 1. The van der Waals surface area contributed by atoms with E-state index in [2.05, 4.69) is 20.0 Å². The predicted octanol–water partition coefficient (Wildman–Crippen LogP) is 2.45. The Labute approximate surface area is 145 Å². The van der Waals surface area contributed by atoms with Gasteiger partial charge in [-0.25, -0.2) is 0 Å². The monoisotopic (exact) mass is 340 g/mol. The third kappa shape index (κ3) is 3.51. The third-order valence-corrected chi connectivity index (χ3v) is 4.42. The van der Waals surface area contributed by atoms with Crippen LogP contribution in [0.15, 0.2) is 57.9 Å². The summed E-state index contributed by atoms with van der Waals surface area (Å²) in [6.07, 6.45) is 5.83. The molecule has 0 aromatic carbocycles. The van der Waals surface area contributed by atoms with Crippen LogP contribution in [0.2, 0.25) is 0 Å². The molecule has 0 unspecified atom stereocenters. The molecule has 7 heteroatoms. The van der Waals surface area contributed by atoms with Gasteiger partial charge in [-0.2, -0.15) is 5.10 Å². The zero-order valence-electron chi connectivity index (χ0n) is 13.8. The van der Waals surface area contributed by atoms with Crippen molar-refractivity contribution in [2.75, 3.05) is 13.1 Å². The number of aromatic nitrogens is 2. The van der Waals surface area contributed by atoms with Crippen molar-refractivity contribution < 1.29 is 13.6 Å². The Balaban J connectivity index is 1.37. The molecular formula is C18H20N4O3. The van der Waals surface area contributed by atoms with Gasteiger partial charge in [-0.15, -0.1) is 0 Å². The molecule has 0 saturated carbocycles. The van der Waals surface area contributed by atoms with Crippen LogP contribution in [0.3, 0.4) is 0 Å². The van der Waals surface area contributed by atoms with Crippen LogP contribution < -0.4 is 5.32 Å². The summed E-state index contributed by atoms with van der Waals surface area (Å²) in [6.45, 7) is 3.05. The number of hydrogen-bond donors (Lipinski definition) is 1. The van der Waals surface area contributed by atoms with Gasteiger partial charge in [0, 0.05) is 25.8 Å². The molecule has 1 amide bonds. The number of hydrogen-bond acceptors (Lipinski definition) is 5. The molecule has 1 atom stereocenters. The minimum atomic E-state index is -0.186. The zero-order chi connectivity index (χ0) is 17.1. The Morgan fingerprint density at radius 1 is 1.24 bits per heavy atom. The van der Waals surface area contributed by atoms with Crippen molar-refractivity contribution in [1.82, 2.24) is 20.0 Å². The Kier molecular flexibility index (Phi) is 4.39. The Hall–Kier alpha value is -2.80. The quantitative estimate of drug-likeness (QED) is 0.746. The van der Waals surface area contributed by atoms with Crippen molar-refractivity contribution >= 4 is 5.91 Å². The van der Waals surface area contributed by atoms with E-state index in [4.69, 9.17) is 8.83 Å². The normalized spacial score (nSPS) is 17.4. The summed E-state index contributed by atoms with van der Waals surface area (Å²) in [7, 11) is 0. The van der Waals surface area contributed by atoms with Crippen molar-refractivity contribution in [3.63, 3.8) is 0 Å². The minimum absolute atomic E-state index is 0.186. The molecule has 1 aliphatic rings. The zero-order valence-corrected chi connectivity index (χ0v) is 13.8. The van der Waals surface area contributed by atoms with E-state index < -0.39 is 0 Å². The van der Waals surface area contributed by atoms with Crippen LogP contribution in [0, 0.1) is 0 Å². The van der Waals surface area contributed by atoms with Gasteiger partial charge in [0.25, 0.3) is 5.91 Å². The first-order chi connectivity index (χ1) is 12.3. The van der Waals surface area contributed by atoms with Crippen LogP contribution in [-0.4, -0.2) is 33.7 Å². The van der Waals surface area contributed by atoms with Gasteiger partial charge >= 0.3 is 0 Å². The SMILES string of the molecule is O=C(NCC[C@H]1CN(Cc2ccco2)Cc2ccnn21)c1ccco1. The largest absolute Gasteiger partial charge is 0.468 e. The maximum Gasteiger partial charge on any atom is 0.286 e. The van der Waals surface area contributed by atoms with Crippen LogP contribution in [0.5, 0.6) is 0 Å². The van der Waals surface area contributed by atoms with Gasteiger partial charge < -0.3 is 14.2 Å². The molecule has 4 rings (SSSR count). The number of nitrogens with one attached hydrogen (secondary N) is 1. The fourth-order valence-electron chi connectivity index (χ4n) is 3.27. The first-order valence-electron chi connectivity index (χ1n) is 8.38. The standard InChI is InChI=1S/C18H20N4O3/c23-18(17-4-2-10-25-17)19-7-5-14-11-21(13-16-3-1-9-24-16)12-15-6-8-20-22(14)15/h1-4,6,8-10,14H,5,7,11-13H2,(H,19,23)/t14-/m0/s1. The minimum Gasteiger partial charge on any atom is -0.468 e. The van der Waals surface area contributed by atoms with E-state index in [1.165, 1.54) is 12.0 Å². The van der Waals surface area contributed by atoms with Gasteiger partial charge in [0.1, 0.15) is 5.76 Å². The number of nitrogens with zero attached hydrogens (tertiary/aromatic N) is 3. The highest BCUT2D eigenvalue weighted by atomic mass is 16.3. The summed E-state index contributed by atoms with van der Waals surface area (Å²) in [5, 5.41) is 7.36. The molecule has 0 saturated heterocycles. The van der Waals surface area contributed by atoms with Crippen molar-refractivity contribution in [1.29, 1.82) is 0 Å². The van der Waals surface area contributed by atoms with Gasteiger partial charge in [-0.3, -0.25) is 14.4 Å². The van der Waals surface area contributed by atoms with Gasteiger partial charge in [0.2, 0.25) is 0 Å². The molecule has 0 bridgehead atoms. The van der Waals surface area contributed by atoms with E-state index in [0.29, 0.717) is 12.3 Å². The van der Waals surface area contributed by atoms with Gasteiger partial charge in [-0.1, -0.05) is 0 Å². The van der Waals surface area contributed by atoms with Crippen molar-refractivity contribution in [2.45, 2.75) is 25.6 Å². The van der Waals surface area contributed by atoms with E-state index >= 15 is 0 Å². The predicted molar refractivity (Wildman–Crippen MR) is 89.7 cm³/mol. The number of rotatable bonds is 6. The van der Waals surface area contributed by atoms with Crippen molar-refractivity contribution in [2.24, 2.45) is 0 Å². The fourth-order valence-corrected chi connectivity index (χ4v) is 3.27. The highest BCUT2D eigenvalue weighted by molar-refractivity contribution is 5.91. The molecule has 25 heavy (non-hydrogen) atoms. The summed E-state index contributed by atoms with van der Waals surface area (Å²) < 4.78 is 12.6. The Bertz CT molecular complexity index is 807. The van der Waals surface area contributed by atoms with E-state index in [-0.39, 0.29) is 11.9 Å². The molecule has 4 heterocycles. The Morgan fingerprint density at radius 3 is 2.92 bits per heavy atom. The van der Waals surface area contributed by atoms with E-state index in [9.17, 15) is 4.79 Å². The third-order valence-electron chi connectivity index (χ3n) is 4.42. The van der Waals surface area contributed by atoms with E-state index in [1.807, 2.05) is 24.4 Å². The summed E-state index contributed by atoms with van der Waals surface area (Å²) in [6, 6.07) is 9.52. The Morgan fingerprint density at radius 2 is 2.12 bits per heavy atom. The molecule has 1 N–H and O–H groups in total. The molecule has 130 valence electrons. The summed E-state index contributed by atoms with van der Waals surface area (Å²) in [5.74, 6) is 1.11. The second-order valence-corrected chi connectivity index (χ2v) is 6.19. The lowest BCUT2D eigenvalue weighted by molar-refractivity contribution is 0.0919. The topological polar surface area (TPSA) is 76.4 Å². The van der Waals surface area contributed by atoms with E-state index in [0.717, 1.165) is 31.8 Å². The van der Waals surface area contributed by atoms with Gasteiger partial charge in [0.15, 0.2) is 5.76 Å². The maximum atomic E-state index is 12.0. The first kappa shape index (κ1) is 15.7. The lowest BCUT2D eigenvalue weighted by atomic mass is 10.1. The molecule has 0 aliphatic carbocycles. The smallest absolute Gasteiger partial charge is 0.286 e. The van der Waals surface area contributed by atoms with Gasteiger partial charge in [-0.05, 0) is 36.8 Å². The van der Waals surface area contributed by atoms with Crippen LogP contribution in [0.1, 0.15) is 34.5 Å². The average Bonchev–Trinajstić information content (AvgIpc) is 3.36. The number of carbonyl (C=O) groups excluding carboxylic acids is 1. The molecule has 0 spiro atoms. The second kappa shape index (κ2) is 6.98. The van der Waals surface area contributed by atoms with Crippen molar-refractivity contribution in [3.8, 4) is 0 Å². The molecule has 7 nitrogen and oxygen atoms in total. The van der Waals surface area contributed by atoms with Gasteiger partial charge in [0.05, 0.1) is 30.8 Å². The first-order valence-corrected chi connectivity index (χ1v) is 8.38. The second-order valence-electron chi connectivity index (χ2n) is 6.19. The van der Waals surface area contributed by atoms with Crippen LogP contribution in [0.4, 0.5) is 0 Å². The highest BCUT2D eigenvalue weighted by Gasteiger charge is 2.26. The summed E-state index contributed by atoms with van der Waals surface area (Å²) in [4.78, 5) is 14.3. The molecule has 0 radical (unpaired) electrons. The molecule has 3 aromatic heterocycles. The molecule has 3 aromatic rings. The van der Waals surface area contributed by atoms with Crippen LogP contribution in [0.25, 0.3) is 0 Å². The fraction of sp³-hybridized carbons (Fsp3) is 0.333. The van der Waals surface area contributed by atoms with Crippen molar-refractivity contribution in [3.05, 3.63) is 66.3 Å². The molecule has 1 aliphatic heterocycles. The molecule has 0 fully saturated rings. The highest BCUT2D eigenvalue weighted by Crippen LogP contribution is 2.24. The van der Waals surface area contributed by atoms with Crippen LogP contribution >= 0.6 is 0 Å². The summed E-state index contributed by atoms with van der Waals surface area (Å²) >= 11 is 0. The lowest BCUT2D eigenvalue weighted by Gasteiger charge is -2.33. The van der Waals surface area contributed by atoms with E-state index in [1.54, 1.807) is 18.4 Å². The summed E-state index contributed by atoms with van der Waals surface area (Å²) in [5.41, 5.74) is 1.18. The van der Waals surface area contributed by atoms with Crippen LogP contribution in [-0.2, 0) is 13.1 Å². The number of furan rings is 2.